The van der Waals surface area contributed by atoms with E-state index in [1.165, 1.54) is 0 Å². The lowest BCUT2D eigenvalue weighted by Crippen LogP contribution is -2.37. The molecule has 2 rings (SSSR count). The van der Waals surface area contributed by atoms with Crippen molar-refractivity contribution in [1.82, 2.24) is 10.6 Å². The average molecular weight is 312 g/mol. The fraction of sp³-hybridized carbons (Fsp3) is 0.222. The quantitative estimate of drug-likeness (QED) is 0.817. The first-order chi connectivity index (χ1) is 11.2. The number of rotatable bonds is 7. The van der Waals surface area contributed by atoms with Crippen LogP contribution in [-0.2, 0) is 22.6 Å². The van der Waals surface area contributed by atoms with Gasteiger partial charge < -0.3 is 15.4 Å². The number of amides is 2. The Bertz CT molecular complexity index is 639. The van der Waals surface area contributed by atoms with E-state index in [4.69, 9.17) is 4.74 Å². The lowest BCUT2D eigenvalue weighted by Gasteiger charge is -2.08. The molecular weight excluding hydrogens is 292 g/mol. The van der Waals surface area contributed by atoms with Gasteiger partial charge in [-0.25, -0.2) is 0 Å². The molecule has 23 heavy (non-hydrogen) atoms. The molecule has 0 aliphatic rings. The Morgan fingerprint density at radius 2 is 1.57 bits per heavy atom. The second kappa shape index (κ2) is 8.58. The van der Waals surface area contributed by atoms with Crippen LogP contribution in [0.1, 0.15) is 11.1 Å². The molecule has 0 unspecified atom stereocenters. The van der Waals surface area contributed by atoms with Crippen molar-refractivity contribution in [2.75, 3.05) is 13.7 Å². The minimum atomic E-state index is -0.220. The first-order valence-corrected chi connectivity index (χ1v) is 7.37. The summed E-state index contributed by atoms with van der Waals surface area (Å²) in [5.41, 5.74) is 1.89. The standard InChI is InChI=1S/C18H20N2O3/c1-23-16-9-7-15(8-10-16)12-19-18(22)13-20-17(21)11-14-5-3-2-4-6-14/h2-10H,11-13H2,1H3,(H,19,22)(H,20,21). The molecule has 0 fully saturated rings. The van der Waals surface area contributed by atoms with E-state index in [-0.39, 0.29) is 24.8 Å². The van der Waals surface area contributed by atoms with E-state index in [0.717, 1.165) is 16.9 Å². The average Bonchev–Trinajstić information content (AvgIpc) is 2.59. The van der Waals surface area contributed by atoms with Crippen LogP contribution in [0.5, 0.6) is 5.75 Å². The lowest BCUT2D eigenvalue weighted by molar-refractivity contribution is -0.125. The van der Waals surface area contributed by atoms with E-state index in [0.29, 0.717) is 6.54 Å². The van der Waals surface area contributed by atoms with Crippen LogP contribution in [0.15, 0.2) is 54.6 Å². The monoisotopic (exact) mass is 312 g/mol. The summed E-state index contributed by atoms with van der Waals surface area (Å²) < 4.78 is 5.07. The fourth-order valence-electron chi connectivity index (χ4n) is 2.03. The molecular formula is C18H20N2O3. The SMILES string of the molecule is COc1ccc(CNC(=O)CNC(=O)Cc2ccccc2)cc1. The molecule has 2 aromatic rings. The highest BCUT2D eigenvalue weighted by molar-refractivity contribution is 5.85. The third kappa shape index (κ3) is 5.82. The Morgan fingerprint density at radius 3 is 2.22 bits per heavy atom. The summed E-state index contributed by atoms with van der Waals surface area (Å²) in [5.74, 6) is 0.381. The van der Waals surface area contributed by atoms with E-state index in [2.05, 4.69) is 10.6 Å². The van der Waals surface area contributed by atoms with Gasteiger partial charge in [0, 0.05) is 6.54 Å². The highest BCUT2D eigenvalue weighted by Crippen LogP contribution is 2.10. The van der Waals surface area contributed by atoms with E-state index < -0.39 is 0 Å². The number of benzene rings is 2. The summed E-state index contributed by atoms with van der Waals surface area (Å²) in [7, 11) is 1.61. The molecule has 5 heteroatoms. The summed E-state index contributed by atoms with van der Waals surface area (Å²) in [6.07, 6.45) is 0.270. The molecule has 2 amide bonds. The summed E-state index contributed by atoms with van der Waals surface area (Å²) >= 11 is 0. The smallest absolute Gasteiger partial charge is 0.239 e. The van der Waals surface area contributed by atoms with Gasteiger partial charge in [-0.2, -0.15) is 0 Å². The maximum Gasteiger partial charge on any atom is 0.239 e. The van der Waals surface area contributed by atoms with E-state index in [1.54, 1.807) is 7.11 Å². The van der Waals surface area contributed by atoms with E-state index in [9.17, 15) is 9.59 Å². The number of ether oxygens (including phenoxy) is 1. The Kier molecular flexibility index (Phi) is 6.17. The van der Waals surface area contributed by atoms with Gasteiger partial charge in [0.15, 0.2) is 0 Å². The lowest BCUT2D eigenvalue weighted by atomic mass is 10.1. The number of nitrogens with one attached hydrogen (secondary N) is 2. The number of carbonyl (C=O) groups is 2. The Hall–Kier alpha value is -2.82. The molecule has 0 saturated carbocycles. The highest BCUT2D eigenvalue weighted by Gasteiger charge is 2.06. The summed E-state index contributed by atoms with van der Waals surface area (Å²) in [6, 6.07) is 16.8. The highest BCUT2D eigenvalue weighted by atomic mass is 16.5. The largest absolute Gasteiger partial charge is 0.497 e. The Labute approximate surface area is 135 Å². The van der Waals surface area contributed by atoms with Gasteiger partial charge in [-0.3, -0.25) is 9.59 Å². The molecule has 0 atom stereocenters. The third-order valence-corrected chi connectivity index (χ3v) is 3.30. The predicted molar refractivity (Wildman–Crippen MR) is 88.0 cm³/mol. The molecule has 0 spiro atoms. The zero-order valence-electron chi connectivity index (χ0n) is 13.0. The van der Waals surface area contributed by atoms with Crippen LogP contribution >= 0.6 is 0 Å². The first-order valence-electron chi connectivity index (χ1n) is 7.37. The van der Waals surface area contributed by atoms with Crippen molar-refractivity contribution < 1.29 is 14.3 Å². The normalized spacial score (nSPS) is 9.96. The molecule has 0 heterocycles. The maximum absolute atomic E-state index is 11.8. The van der Waals surface area contributed by atoms with Crippen molar-refractivity contribution in [3.63, 3.8) is 0 Å². The second-order valence-corrected chi connectivity index (χ2v) is 5.06. The van der Waals surface area contributed by atoms with Crippen LogP contribution in [0.2, 0.25) is 0 Å². The van der Waals surface area contributed by atoms with Gasteiger partial charge in [0.25, 0.3) is 0 Å². The number of hydrogen-bond donors (Lipinski definition) is 2. The maximum atomic E-state index is 11.8. The Morgan fingerprint density at radius 1 is 0.870 bits per heavy atom. The number of carbonyl (C=O) groups excluding carboxylic acids is 2. The van der Waals surface area contributed by atoms with Crippen LogP contribution in [0, 0.1) is 0 Å². The summed E-state index contributed by atoms with van der Waals surface area (Å²) in [6.45, 7) is 0.388. The van der Waals surface area contributed by atoms with Gasteiger partial charge in [0.1, 0.15) is 5.75 Å². The van der Waals surface area contributed by atoms with Crippen LogP contribution in [-0.4, -0.2) is 25.5 Å². The molecule has 2 N–H and O–H groups in total. The molecule has 0 aliphatic heterocycles. The summed E-state index contributed by atoms with van der Waals surface area (Å²) in [5, 5.41) is 5.38. The van der Waals surface area contributed by atoms with E-state index in [1.807, 2.05) is 54.6 Å². The van der Waals surface area contributed by atoms with Gasteiger partial charge in [-0.15, -0.1) is 0 Å². The zero-order chi connectivity index (χ0) is 16.5. The molecule has 0 saturated heterocycles. The zero-order valence-corrected chi connectivity index (χ0v) is 13.0. The van der Waals surface area contributed by atoms with Crippen LogP contribution in [0.25, 0.3) is 0 Å². The minimum absolute atomic E-state index is 0.0260. The molecule has 2 aromatic carbocycles. The minimum Gasteiger partial charge on any atom is -0.497 e. The number of hydrogen-bond acceptors (Lipinski definition) is 3. The number of methoxy groups -OCH3 is 1. The van der Waals surface area contributed by atoms with Crippen molar-refractivity contribution in [2.24, 2.45) is 0 Å². The Balaban J connectivity index is 1.69. The van der Waals surface area contributed by atoms with Crippen LogP contribution < -0.4 is 15.4 Å². The van der Waals surface area contributed by atoms with Crippen LogP contribution in [0.3, 0.4) is 0 Å². The topological polar surface area (TPSA) is 67.4 Å². The molecule has 0 aromatic heterocycles. The van der Waals surface area contributed by atoms with Crippen molar-refractivity contribution in [3.8, 4) is 5.75 Å². The second-order valence-electron chi connectivity index (χ2n) is 5.06. The van der Waals surface area contributed by atoms with Crippen molar-refractivity contribution >= 4 is 11.8 Å². The van der Waals surface area contributed by atoms with Crippen molar-refractivity contribution in [3.05, 3.63) is 65.7 Å². The predicted octanol–water partition coefficient (Wildman–Crippen LogP) is 1.67. The summed E-state index contributed by atoms with van der Waals surface area (Å²) in [4.78, 5) is 23.5. The molecule has 0 radical (unpaired) electrons. The van der Waals surface area contributed by atoms with Crippen molar-refractivity contribution in [2.45, 2.75) is 13.0 Å². The van der Waals surface area contributed by atoms with Crippen molar-refractivity contribution in [1.29, 1.82) is 0 Å². The van der Waals surface area contributed by atoms with Gasteiger partial charge in [0.05, 0.1) is 20.1 Å². The van der Waals surface area contributed by atoms with Gasteiger partial charge in [0.2, 0.25) is 11.8 Å². The van der Waals surface area contributed by atoms with Gasteiger partial charge in [-0.05, 0) is 23.3 Å². The van der Waals surface area contributed by atoms with Crippen LogP contribution in [0.4, 0.5) is 0 Å². The molecule has 0 aliphatic carbocycles. The molecule has 120 valence electrons. The van der Waals surface area contributed by atoms with E-state index >= 15 is 0 Å². The molecule has 0 bridgehead atoms. The fourth-order valence-corrected chi connectivity index (χ4v) is 2.03. The van der Waals surface area contributed by atoms with Gasteiger partial charge >= 0.3 is 0 Å². The molecule has 5 nitrogen and oxygen atoms in total. The third-order valence-electron chi connectivity index (χ3n) is 3.30. The van der Waals surface area contributed by atoms with Gasteiger partial charge in [-0.1, -0.05) is 42.5 Å². The first kappa shape index (κ1) is 16.5.